The number of rotatable bonds is 8. The van der Waals surface area contributed by atoms with Crippen molar-refractivity contribution in [2.45, 2.75) is 13.3 Å². The number of nitro groups is 1. The average Bonchev–Trinajstić information content (AvgIpc) is 3.38. The zero-order valence-electron chi connectivity index (χ0n) is 21.2. The normalized spacial score (nSPS) is 16.6. The maximum absolute atomic E-state index is 13.9. The van der Waals surface area contributed by atoms with Crippen LogP contribution in [0.5, 0.6) is 0 Å². The Morgan fingerprint density at radius 2 is 1.84 bits per heavy atom. The van der Waals surface area contributed by atoms with Gasteiger partial charge in [-0.1, -0.05) is 22.9 Å². The molecule has 1 amide bonds. The number of nitro benzene ring substituents is 1. The number of morpholine rings is 2. The lowest BCUT2D eigenvalue weighted by molar-refractivity contribution is -0.384. The summed E-state index contributed by atoms with van der Waals surface area (Å²) in [7, 11) is 0. The number of halogens is 1. The van der Waals surface area contributed by atoms with Gasteiger partial charge < -0.3 is 14.4 Å². The lowest BCUT2D eigenvalue weighted by Gasteiger charge is -2.29. The van der Waals surface area contributed by atoms with E-state index in [9.17, 15) is 14.9 Å². The van der Waals surface area contributed by atoms with Gasteiger partial charge in [0.25, 0.3) is 11.6 Å². The van der Waals surface area contributed by atoms with Gasteiger partial charge in [0.15, 0.2) is 5.13 Å². The molecule has 0 atom stereocenters. The van der Waals surface area contributed by atoms with E-state index in [1.54, 1.807) is 17.0 Å². The number of hydrogen-bond donors (Lipinski definition) is 0. The number of carbonyl (C=O) groups is 1. The fourth-order valence-corrected chi connectivity index (χ4v) is 6.00. The van der Waals surface area contributed by atoms with E-state index < -0.39 is 4.92 Å². The van der Waals surface area contributed by atoms with Crippen molar-refractivity contribution >= 4 is 55.6 Å². The summed E-state index contributed by atoms with van der Waals surface area (Å²) >= 11 is 7.74. The Balaban J connectivity index is 1.45. The van der Waals surface area contributed by atoms with Crippen molar-refractivity contribution in [2.75, 3.05) is 75.5 Å². The van der Waals surface area contributed by atoms with Crippen LogP contribution in [0.2, 0.25) is 5.02 Å². The predicted molar refractivity (Wildman–Crippen MR) is 149 cm³/mol. The van der Waals surface area contributed by atoms with Crippen LogP contribution in [0.1, 0.15) is 22.3 Å². The molecule has 2 aliphatic heterocycles. The summed E-state index contributed by atoms with van der Waals surface area (Å²) in [6.07, 6.45) is 0.732. The number of carbonyl (C=O) groups excluding carboxylic acids is 1. The number of ether oxygens (including phenoxy) is 2. The van der Waals surface area contributed by atoms with Crippen LogP contribution in [0.25, 0.3) is 10.2 Å². The second-order valence-corrected chi connectivity index (χ2v) is 10.8. The zero-order chi connectivity index (χ0) is 26.6. The van der Waals surface area contributed by atoms with Crippen molar-refractivity contribution in [1.82, 2.24) is 9.88 Å². The van der Waals surface area contributed by atoms with E-state index in [0.717, 1.165) is 41.8 Å². The molecular formula is C26H30ClN5O5S. The number of aryl methyl sites for hydroxylation is 1. The zero-order valence-corrected chi connectivity index (χ0v) is 22.8. The first-order valence-electron chi connectivity index (χ1n) is 12.7. The van der Waals surface area contributed by atoms with Crippen molar-refractivity contribution < 1.29 is 19.2 Å². The highest BCUT2D eigenvalue weighted by molar-refractivity contribution is 7.22. The fourth-order valence-electron chi connectivity index (χ4n) is 4.80. The maximum atomic E-state index is 13.9. The van der Waals surface area contributed by atoms with Crippen LogP contribution >= 0.6 is 22.9 Å². The topological polar surface area (TPSA) is 101 Å². The molecule has 202 valence electrons. The summed E-state index contributed by atoms with van der Waals surface area (Å²) in [4.78, 5) is 36.1. The minimum absolute atomic E-state index is 0.0852. The summed E-state index contributed by atoms with van der Waals surface area (Å²) in [5, 5.41) is 13.2. The molecule has 12 heteroatoms. The number of benzene rings is 2. The van der Waals surface area contributed by atoms with E-state index in [1.807, 2.05) is 24.0 Å². The Hall–Kier alpha value is -2.83. The van der Waals surface area contributed by atoms with Crippen molar-refractivity contribution in [3.63, 3.8) is 0 Å². The van der Waals surface area contributed by atoms with E-state index in [0.29, 0.717) is 61.9 Å². The van der Waals surface area contributed by atoms with Gasteiger partial charge in [-0.05, 0) is 43.2 Å². The molecule has 2 aliphatic rings. The third-order valence-corrected chi connectivity index (χ3v) is 8.40. The highest BCUT2D eigenvalue weighted by Gasteiger charge is 2.27. The largest absolute Gasteiger partial charge is 0.379 e. The summed E-state index contributed by atoms with van der Waals surface area (Å²) in [5.74, 6) is -0.314. The Morgan fingerprint density at radius 1 is 1.13 bits per heavy atom. The smallest absolute Gasteiger partial charge is 0.293 e. The van der Waals surface area contributed by atoms with Crippen LogP contribution in [0.4, 0.5) is 16.5 Å². The molecule has 5 rings (SSSR count). The number of fused-ring (bicyclic) bond motifs is 1. The maximum Gasteiger partial charge on any atom is 0.293 e. The van der Waals surface area contributed by atoms with E-state index in [2.05, 4.69) is 4.90 Å². The van der Waals surface area contributed by atoms with Gasteiger partial charge in [-0.3, -0.25) is 24.7 Å². The molecule has 0 bridgehead atoms. The molecular weight excluding hydrogens is 530 g/mol. The SMILES string of the molecule is Cc1c(Cl)ccc2sc(N(CCCN3CCOCC3)C(=O)c3ccc(N4CCOCC4)c([N+](=O)[O-])c3)nc12. The molecule has 0 spiro atoms. The number of thiazole rings is 1. The Morgan fingerprint density at radius 3 is 2.55 bits per heavy atom. The second-order valence-electron chi connectivity index (χ2n) is 9.34. The third-order valence-electron chi connectivity index (χ3n) is 6.94. The molecule has 0 N–H and O–H groups in total. The van der Waals surface area contributed by atoms with Gasteiger partial charge in [0.05, 0.1) is 41.6 Å². The number of hydrogen-bond acceptors (Lipinski definition) is 9. The molecule has 1 aromatic heterocycles. The minimum Gasteiger partial charge on any atom is -0.379 e. The van der Waals surface area contributed by atoms with Crippen LogP contribution in [0.15, 0.2) is 30.3 Å². The lowest BCUT2D eigenvalue weighted by Crippen LogP contribution is -2.39. The first-order valence-corrected chi connectivity index (χ1v) is 13.9. The second kappa shape index (κ2) is 11.9. The lowest BCUT2D eigenvalue weighted by atomic mass is 10.1. The van der Waals surface area contributed by atoms with Gasteiger partial charge >= 0.3 is 0 Å². The predicted octanol–water partition coefficient (Wildman–Crippen LogP) is 4.37. The molecule has 38 heavy (non-hydrogen) atoms. The van der Waals surface area contributed by atoms with Crippen LogP contribution < -0.4 is 9.80 Å². The Kier molecular flexibility index (Phi) is 8.39. The van der Waals surface area contributed by atoms with Crippen molar-refractivity contribution in [2.24, 2.45) is 0 Å². The summed E-state index contributed by atoms with van der Waals surface area (Å²) < 4.78 is 11.8. The Labute approximate surface area is 229 Å². The number of anilines is 2. The molecule has 2 fully saturated rings. The molecule has 0 aliphatic carbocycles. The molecule has 2 aromatic carbocycles. The Bertz CT molecular complexity index is 1320. The first-order chi connectivity index (χ1) is 18.4. The van der Waals surface area contributed by atoms with Crippen molar-refractivity contribution in [3.05, 3.63) is 56.6 Å². The van der Waals surface area contributed by atoms with Crippen LogP contribution in [0, 0.1) is 17.0 Å². The minimum atomic E-state index is -0.423. The number of aromatic nitrogens is 1. The molecule has 3 aromatic rings. The van der Waals surface area contributed by atoms with Crippen LogP contribution in [-0.2, 0) is 9.47 Å². The number of amides is 1. The summed E-state index contributed by atoms with van der Waals surface area (Å²) in [6.45, 7) is 8.45. The summed E-state index contributed by atoms with van der Waals surface area (Å²) in [6, 6.07) is 8.47. The van der Waals surface area contributed by atoms with Crippen LogP contribution in [0.3, 0.4) is 0 Å². The standard InChI is InChI=1S/C26H30ClN5O5S/c1-18-20(27)4-6-23-24(18)28-26(38-23)31(8-2-7-29-9-13-36-14-10-29)25(33)19-3-5-21(22(17-19)32(34)35)30-11-15-37-16-12-30/h3-6,17H,2,7-16H2,1H3. The van der Waals surface area contributed by atoms with E-state index in [1.165, 1.54) is 17.4 Å². The van der Waals surface area contributed by atoms with Crippen LogP contribution in [-0.4, -0.2) is 86.4 Å². The highest BCUT2D eigenvalue weighted by atomic mass is 35.5. The number of nitrogens with zero attached hydrogens (tertiary/aromatic N) is 5. The fraction of sp³-hybridized carbons (Fsp3) is 0.462. The van der Waals surface area contributed by atoms with Gasteiger partial charge in [0.1, 0.15) is 5.69 Å². The van der Waals surface area contributed by atoms with E-state index in [4.69, 9.17) is 26.1 Å². The van der Waals surface area contributed by atoms with Crippen molar-refractivity contribution in [1.29, 1.82) is 0 Å². The highest BCUT2D eigenvalue weighted by Crippen LogP contribution is 2.35. The average molecular weight is 560 g/mol. The molecule has 0 unspecified atom stereocenters. The first kappa shape index (κ1) is 26.8. The van der Waals surface area contributed by atoms with Gasteiger partial charge in [0.2, 0.25) is 0 Å². The molecule has 10 nitrogen and oxygen atoms in total. The third kappa shape index (κ3) is 5.76. The quantitative estimate of drug-likeness (QED) is 0.296. The van der Waals surface area contributed by atoms with Gasteiger partial charge in [-0.25, -0.2) is 4.98 Å². The van der Waals surface area contributed by atoms with Crippen molar-refractivity contribution in [3.8, 4) is 0 Å². The molecule has 2 saturated heterocycles. The van der Waals surface area contributed by atoms with Gasteiger partial charge in [-0.15, -0.1) is 0 Å². The van der Waals surface area contributed by atoms with Gasteiger partial charge in [-0.2, -0.15) is 0 Å². The summed E-state index contributed by atoms with van der Waals surface area (Å²) in [5.41, 5.74) is 2.29. The monoisotopic (exact) mass is 559 g/mol. The molecule has 0 radical (unpaired) electrons. The molecule has 0 saturated carbocycles. The van der Waals surface area contributed by atoms with E-state index in [-0.39, 0.29) is 17.2 Å². The molecule has 3 heterocycles. The van der Waals surface area contributed by atoms with E-state index >= 15 is 0 Å². The van der Waals surface area contributed by atoms with Gasteiger partial charge in [0, 0.05) is 55.9 Å².